The van der Waals surface area contributed by atoms with E-state index in [9.17, 15) is 0 Å². The summed E-state index contributed by atoms with van der Waals surface area (Å²) < 4.78 is 0. The summed E-state index contributed by atoms with van der Waals surface area (Å²) in [6, 6.07) is 0. The van der Waals surface area contributed by atoms with Gasteiger partial charge in [0.2, 0.25) is 0 Å². The molecule has 0 nitrogen and oxygen atoms in total. The number of thiocarbonyl (C=S) groups is 1. The second-order valence-corrected chi connectivity index (χ2v) is 3.26. The molecule has 0 heterocycles. The number of allylic oxidation sites excluding steroid dienone is 5. The zero-order valence-corrected chi connectivity index (χ0v) is 8.87. The smallest absolute Gasteiger partial charge is 0.0190 e. The van der Waals surface area contributed by atoms with Gasteiger partial charge < -0.3 is 0 Å². The molecule has 0 spiro atoms. The third-order valence-electron chi connectivity index (χ3n) is 1.67. The summed E-state index contributed by atoms with van der Waals surface area (Å²) in [7, 11) is 0. The Balaban J connectivity index is 4.32. The number of hydrogen-bond acceptors (Lipinski definition) is 1. The van der Waals surface area contributed by atoms with Crippen molar-refractivity contribution in [1.29, 1.82) is 0 Å². The van der Waals surface area contributed by atoms with E-state index in [0.29, 0.717) is 0 Å². The number of hydrogen-bond donors (Lipinski definition) is 0. The molecule has 0 unspecified atom stereocenters. The SMILES string of the molecule is C=C(/C=C\C(=C/C)C(C)=S)CC. The molecule has 0 saturated carbocycles. The summed E-state index contributed by atoms with van der Waals surface area (Å²) >= 11 is 5.06. The highest BCUT2D eigenvalue weighted by Crippen LogP contribution is 2.05. The summed E-state index contributed by atoms with van der Waals surface area (Å²) in [5.41, 5.74) is 2.24. The Kier molecular flexibility index (Phi) is 5.56. The predicted molar refractivity (Wildman–Crippen MR) is 60.6 cm³/mol. The molecule has 0 radical (unpaired) electrons. The van der Waals surface area contributed by atoms with Crippen molar-refractivity contribution in [3.05, 3.63) is 36.0 Å². The van der Waals surface area contributed by atoms with Crippen LogP contribution in [0.4, 0.5) is 0 Å². The van der Waals surface area contributed by atoms with E-state index in [1.165, 1.54) is 0 Å². The van der Waals surface area contributed by atoms with Crippen LogP contribution in [-0.4, -0.2) is 4.86 Å². The van der Waals surface area contributed by atoms with Gasteiger partial charge in [-0.2, -0.15) is 0 Å². The molecular weight excluding hydrogens is 164 g/mol. The van der Waals surface area contributed by atoms with Crippen LogP contribution in [0.25, 0.3) is 0 Å². The van der Waals surface area contributed by atoms with Crippen LogP contribution in [0.5, 0.6) is 0 Å². The zero-order valence-electron chi connectivity index (χ0n) is 8.05. The first-order valence-electron chi connectivity index (χ1n) is 4.15. The first-order chi connectivity index (χ1) is 5.61. The zero-order chi connectivity index (χ0) is 9.56. The van der Waals surface area contributed by atoms with Crippen LogP contribution < -0.4 is 0 Å². The average molecular weight is 180 g/mol. The lowest BCUT2D eigenvalue weighted by atomic mass is 10.1. The fraction of sp³-hybridized carbons (Fsp3) is 0.364. The van der Waals surface area contributed by atoms with Crippen molar-refractivity contribution in [2.75, 3.05) is 0 Å². The molecule has 0 rings (SSSR count). The van der Waals surface area contributed by atoms with Crippen LogP contribution in [0.3, 0.4) is 0 Å². The van der Waals surface area contributed by atoms with Crippen molar-refractivity contribution in [2.24, 2.45) is 0 Å². The van der Waals surface area contributed by atoms with Gasteiger partial charge in [-0.15, -0.1) is 0 Å². The molecule has 0 aromatic rings. The standard InChI is InChI=1S/C11H16S/c1-5-9(3)7-8-11(6-2)10(4)12/h6-8H,3,5H2,1-2,4H3/b8-7-,11-6+. The van der Waals surface area contributed by atoms with E-state index in [0.717, 1.165) is 22.4 Å². The molecule has 12 heavy (non-hydrogen) atoms. The topological polar surface area (TPSA) is 0 Å². The van der Waals surface area contributed by atoms with Crippen molar-refractivity contribution in [3.8, 4) is 0 Å². The maximum atomic E-state index is 5.06. The lowest BCUT2D eigenvalue weighted by molar-refractivity contribution is 1.16. The molecule has 0 fully saturated rings. The van der Waals surface area contributed by atoms with Crippen molar-refractivity contribution < 1.29 is 0 Å². The molecule has 0 amide bonds. The fourth-order valence-corrected chi connectivity index (χ4v) is 0.928. The monoisotopic (exact) mass is 180 g/mol. The third kappa shape index (κ3) is 4.24. The molecule has 0 aromatic carbocycles. The Hall–Kier alpha value is -0.690. The Bertz CT molecular complexity index is 231. The van der Waals surface area contributed by atoms with Crippen molar-refractivity contribution >= 4 is 17.1 Å². The number of rotatable bonds is 4. The van der Waals surface area contributed by atoms with E-state index < -0.39 is 0 Å². The van der Waals surface area contributed by atoms with Gasteiger partial charge >= 0.3 is 0 Å². The van der Waals surface area contributed by atoms with Gasteiger partial charge in [-0.1, -0.05) is 49.5 Å². The molecule has 0 saturated heterocycles. The van der Waals surface area contributed by atoms with Gasteiger partial charge in [0.25, 0.3) is 0 Å². The lowest BCUT2D eigenvalue weighted by Gasteiger charge is -1.97. The van der Waals surface area contributed by atoms with E-state index in [1.54, 1.807) is 0 Å². The van der Waals surface area contributed by atoms with Gasteiger partial charge in [0.1, 0.15) is 0 Å². The Morgan fingerprint density at radius 2 is 2.00 bits per heavy atom. The van der Waals surface area contributed by atoms with Gasteiger partial charge in [0.15, 0.2) is 0 Å². The van der Waals surface area contributed by atoms with Crippen LogP contribution in [0, 0.1) is 0 Å². The average Bonchev–Trinajstić information content (AvgIpc) is 2.04. The first kappa shape index (κ1) is 11.3. The maximum absolute atomic E-state index is 5.06. The van der Waals surface area contributed by atoms with E-state index in [-0.39, 0.29) is 0 Å². The minimum Gasteiger partial charge on any atom is -0.0958 e. The summed E-state index contributed by atoms with van der Waals surface area (Å²) in [6.07, 6.45) is 7.05. The summed E-state index contributed by atoms with van der Waals surface area (Å²) in [6.45, 7) is 9.90. The molecule has 0 aromatic heterocycles. The third-order valence-corrected chi connectivity index (χ3v) is 1.91. The second-order valence-electron chi connectivity index (χ2n) is 2.65. The second kappa shape index (κ2) is 5.90. The van der Waals surface area contributed by atoms with Crippen LogP contribution >= 0.6 is 12.2 Å². The highest BCUT2D eigenvalue weighted by atomic mass is 32.1. The summed E-state index contributed by atoms with van der Waals surface area (Å²) in [5.74, 6) is 0. The van der Waals surface area contributed by atoms with Crippen molar-refractivity contribution in [3.63, 3.8) is 0 Å². The molecule has 0 atom stereocenters. The fourth-order valence-electron chi connectivity index (χ4n) is 0.742. The van der Waals surface area contributed by atoms with E-state index in [1.807, 2.05) is 32.1 Å². The summed E-state index contributed by atoms with van der Waals surface area (Å²) in [5, 5.41) is 0. The van der Waals surface area contributed by atoms with Crippen LogP contribution in [0.1, 0.15) is 27.2 Å². The van der Waals surface area contributed by atoms with Crippen LogP contribution in [0.15, 0.2) is 36.0 Å². The normalized spacial score (nSPS) is 12.1. The minimum absolute atomic E-state index is 0.928. The van der Waals surface area contributed by atoms with Crippen LogP contribution in [-0.2, 0) is 0 Å². The molecule has 66 valence electrons. The van der Waals surface area contributed by atoms with Gasteiger partial charge in [0.05, 0.1) is 0 Å². The van der Waals surface area contributed by atoms with Gasteiger partial charge in [0, 0.05) is 4.86 Å². The van der Waals surface area contributed by atoms with Gasteiger partial charge in [-0.25, -0.2) is 0 Å². The molecule has 0 aliphatic carbocycles. The molecule has 0 aliphatic rings. The first-order valence-corrected chi connectivity index (χ1v) is 4.55. The Morgan fingerprint density at radius 1 is 1.42 bits per heavy atom. The molecule has 0 bridgehead atoms. The van der Waals surface area contributed by atoms with Gasteiger partial charge in [-0.05, 0) is 25.8 Å². The van der Waals surface area contributed by atoms with Crippen molar-refractivity contribution in [1.82, 2.24) is 0 Å². The van der Waals surface area contributed by atoms with Crippen molar-refractivity contribution in [2.45, 2.75) is 27.2 Å². The Labute approximate surface area is 80.7 Å². The predicted octanol–water partition coefficient (Wildman–Crippen LogP) is 3.84. The highest BCUT2D eigenvalue weighted by Gasteiger charge is 1.91. The lowest BCUT2D eigenvalue weighted by Crippen LogP contribution is -1.88. The van der Waals surface area contributed by atoms with E-state index >= 15 is 0 Å². The molecule has 0 N–H and O–H groups in total. The maximum Gasteiger partial charge on any atom is 0.0190 e. The molecule has 1 heteroatoms. The molecule has 0 aliphatic heterocycles. The van der Waals surface area contributed by atoms with E-state index in [4.69, 9.17) is 12.2 Å². The van der Waals surface area contributed by atoms with Gasteiger partial charge in [-0.3, -0.25) is 0 Å². The molecular formula is C11H16S. The highest BCUT2D eigenvalue weighted by molar-refractivity contribution is 7.80. The van der Waals surface area contributed by atoms with E-state index in [2.05, 4.69) is 13.5 Å². The largest absolute Gasteiger partial charge is 0.0958 e. The van der Waals surface area contributed by atoms with Crippen LogP contribution in [0.2, 0.25) is 0 Å². The summed E-state index contributed by atoms with van der Waals surface area (Å²) in [4.78, 5) is 0.928. The minimum atomic E-state index is 0.928. The quantitative estimate of drug-likeness (QED) is 0.360. The Morgan fingerprint density at radius 3 is 2.33 bits per heavy atom.